The summed E-state index contributed by atoms with van der Waals surface area (Å²) in [6, 6.07) is 7.80. The van der Waals surface area contributed by atoms with Gasteiger partial charge in [-0.2, -0.15) is 5.10 Å². The van der Waals surface area contributed by atoms with Gasteiger partial charge in [0, 0.05) is 31.1 Å². The van der Waals surface area contributed by atoms with E-state index in [-0.39, 0.29) is 17.7 Å². The van der Waals surface area contributed by atoms with Gasteiger partial charge in [-0.3, -0.25) is 14.3 Å². The van der Waals surface area contributed by atoms with Crippen molar-refractivity contribution in [1.29, 1.82) is 0 Å². The minimum Gasteiger partial charge on any atom is -0.356 e. The number of carbonyl (C=O) groups excluding carboxylic acids is 2. The number of rotatable bonds is 7. The van der Waals surface area contributed by atoms with Crippen molar-refractivity contribution in [3.05, 3.63) is 42.5 Å². The molecular formula is C17H21N5O2. The second-order valence-electron chi connectivity index (χ2n) is 5.95. The number of carbonyl (C=O) groups is 2. The van der Waals surface area contributed by atoms with E-state index in [0.29, 0.717) is 25.8 Å². The van der Waals surface area contributed by atoms with E-state index in [1.54, 1.807) is 11.0 Å². The number of hydrogen-bond acceptors (Lipinski definition) is 4. The predicted molar refractivity (Wildman–Crippen MR) is 89.1 cm³/mol. The van der Waals surface area contributed by atoms with Crippen LogP contribution < -0.4 is 10.6 Å². The molecule has 0 aliphatic carbocycles. The Labute approximate surface area is 140 Å². The molecule has 1 aromatic heterocycles. The lowest BCUT2D eigenvalue weighted by Gasteiger charge is -2.24. The number of benzene rings is 1. The quantitative estimate of drug-likeness (QED) is 0.752. The molecule has 2 N–H and O–H groups in total. The molecule has 2 heterocycles. The first-order valence-electron chi connectivity index (χ1n) is 8.20. The molecule has 1 aliphatic heterocycles. The first-order valence-corrected chi connectivity index (χ1v) is 8.20. The van der Waals surface area contributed by atoms with Crippen LogP contribution in [0.15, 0.2) is 36.9 Å². The minimum absolute atomic E-state index is 0.00711. The SMILES string of the molecule is O=C(CC[C@H]1Cc2ccccc2NC1=O)NCCCn1cncn1. The van der Waals surface area contributed by atoms with Crippen LogP contribution >= 0.6 is 0 Å². The number of anilines is 1. The van der Waals surface area contributed by atoms with Crippen LogP contribution in [0, 0.1) is 5.92 Å². The third kappa shape index (κ3) is 4.18. The van der Waals surface area contributed by atoms with Crippen molar-refractivity contribution in [2.45, 2.75) is 32.2 Å². The Balaban J connectivity index is 1.37. The molecule has 0 saturated carbocycles. The molecule has 0 saturated heterocycles. The number of nitrogens with one attached hydrogen (secondary N) is 2. The molecule has 7 heteroatoms. The molecule has 0 bridgehead atoms. The fraction of sp³-hybridized carbons (Fsp3) is 0.412. The van der Waals surface area contributed by atoms with Gasteiger partial charge in [-0.25, -0.2) is 4.98 Å². The molecule has 7 nitrogen and oxygen atoms in total. The number of aromatic nitrogens is 3. The van der Waals surface area contributed by atoms with Crippen LogP contribution in [0.4, 0.5) is 5.69 Å². The fourth-order valence-corrected chi connectivity index (χ4v) is 2.86. The summed E-state index contributed by atoms with van der Waals surface area (Å²) >= 11 is 0. The van der Waals surface area contributed by atoms with Crippen LogP contribution in [0.3, 0.4) is 0 Å². The molecule has 1 aromatic carbocycles. The van der Waals surface area contributed by atoms with Crippen molar-refractivity contribution in [3.63, 3.8) is 0 Å². The van der Waals surface area contributed by atoms with Crippen molar-refractivity contribution >= 4 is 17.5 Å². The van der Waals surface area contributed by atoms with Gasteiger partial charge in [0.1, 0.15) is 12.7 Å². The van der Waals surface area contributed by atoms with Crippen molar-refractivity contribution in [3.8, 4) is 0 Å². The molecule has 24 heavy (non-hydrogen) atoms. The summed E-state index contributed by atoms with van der Waals surface area (Å²) in [5.74, 6) is -0.145. The maximum Gasteiger partial charge on any atom is 0.227 e. The first kappa shape index (κ1) is 16.2. The number of amides is 2. The topological polar surface area (TPSA) is 88.9 Å². The Hall–Kier alpha value is -2.70. The number of hydrogen-bond donors (Lipinski definition) is 2. The third-order valence-electron chi connectivity index (χ3n) is 4.18. The van der Waals surface area contributed by atoms with E-state index in [9.17, 15) is 9.59 Å². The van der Waals surface area contributed by atoms with Gasteiger partial charge in [-0.1, -0.05) is 18.2 Å². The highest BCUT2D eigenvalue weighted by Gasteiger charge is 2.26. The van der Waals surface area contributed by atoms with Crippen molar-refractivity contribution in [2.24, 2.45) is 5.92 Å². The smallest absolute Gasteiger partial charge is 0.227 e. The van der Waals surface area contributed by atoms with E-state index in [0.717, 1.165) is 24.2 Å². The largest absolute Gasteiger partial charge is 0.356 e. The number of fused-ring (bicyclic) bond motifs is 1. The average Bonchev–Trinajstić information content (AvgIpc) is 3.10. The fourth-order valence-electron chi connectivity index (χ4n) is 2.86. The Morgan fingerprint density at radius 1 is 1.38 bits per heavy atom. The van der Waals surface area contributed by atoms with Gasteiger partial charge in [0.05, 0.1) is 0 Å². The molecule has 0 spiro atoms. The van der Waals surface area contributed by atoms with Gasteiger partial charge in [-0.15, -0.1) is 0 Å². The Kier molecular flexibility index (Phi) is 5.20. The van der Waals surface area contributed by atoms with Crippen LogP contribution in [-0.2, 0) is 22.6 Å². The Morgan fingerprint density at radius 2 is 2.25 bits per heavy atom. The molecule has 126 valence electrons. The number of nitrogens with zero attached hydrogens (tertiary/aromatic N) is 3. The maximum atomic E-state index is 12.1. The van der Waals surface area contributed by atoms with E-state index in [1.165, 1.54) is 6.33 Å². The highest BCUT2D eigenvalue weighted by Crippen LogP contribution is 2.27. The molecule has 0 radical (unpaired) electrons. The van der Waals surface area contributed by atoms with Gasteiger partial charge in [0.25, 0.3) is 0 Å². The van der Waals surface area contributed by atoms with E-state index in [2.05, 4.69) is 20.7 Å². The maximum absolute atomic E-state index is 12.1. The molecule has 2 aromatic rings. The Bertz CT molecular complexity index is 699. The molecule has 3 rings (SSSR count). The normalized spacial score (nSPS) is 16.3. The van der Waals surface area contributed by atoms with E-state index in [4.69, 9.17) is 0 Å². The van der Waals surface area contributed by atoms with Crippen LogP contribution in [0.5, 0.6) is 0 Å². The van der Waals surface area contributed by atoms with E-state index >= 15 is 0 Å². The zero-order valence-electron chi connectivity index (χ0n) is 13.4. The van der Waals surface area contributed by atoms with Gasteiger partial charge in [0.2, 0.25) is 11.8 Å². The lowest BCUT2D eigenvalue weighted by atomic mass is 9.89. The molecule has 1 atom stereocenters. The zero-order chi connectivity index (χ0) is 16.8. The summed E-state index contributed by atoms with van der Waals surface area (Å²) in [7, 11) is 0. The Morgan fingerprint density at radius 3 is 3.08 bits per heavy atom. The first-order chi connectivity index (χ1) is 11.7. The lowest BCUT2D eigenvalue weighted by molar-refractivity contribution is -0.122. The standard InChI is InChI=1S/C17H21N5O2/c23-16(19-8-3-9-22-12-18-11-20-22)7-6-14-10-13-4-1-2-5-15(13)21-17(14)24/h1-2,4-5,11-12,14H,3,6-10H2,(H,19,23)(H,21,24)/t14-/m0/s1. The molecular weight excluding hydrogens is 306 g/mol. The van der Waals surface area contributed by atoms with Crippen LogP contribution in [0.2, 0.25) is 0 Å². The van der Waals surface area contributed by atoms with Crippen LogP contribution in [-0.4, -0.2) is 33.1 Å². The molecule has 0 fully saturated rings. The van der Waals surface area contributed by atoms with Gasteiger partial charge >= 0.3 is 0 Å². The lowest BCUT2D eigenvalue weighted by Crippen LogP contribution is -2.32. The van der Waals surface area contributed by atoms with E-state index in [1.807, 2.05) is 24.3 Å². The summed E-state index contributed by atoms with van der Waals surface area (Å²) in [6.45, 7) is 1.32. The second kappa shape index (κ2) is 7.72. The van der Waals surface area contributed by atoms with Crippen molar-refractivity contribution in [1.82, 2.24) is 20.1 Å². The third-order valence-corrected chi connectivity index (χ3v) is 4.18. The highest BCUT2D eigenvalue weighted by atomic mass is 16.2. The highest BCUT2D eigenvalue weighted by molar-refractivity contribution is 5.96. The second-order valence-corrected chi connectivity index (χ2v) is 5.95. The molecule has 1 aliphatic rings. The van der Waals surface area contributed by atoms with E-state index < -0.39 is 0 Å². The summed E-state index contributed by atoms with van der Waals surface area (Å²) in [5.41, 5.74) is 2.02. The molecule has 0 unspecified atom stereocenters. The van der Waals surface area contributed by atoms with Crippen LogP contribution in [0.1, 0.15) is 24.8 Å². The number of aryl methyl sites for hydroxylation is 1. The van der Waals surface area contributed by atoms with Gasteiger partial charge < -0.3 is 10.6 Å². The summed E-state index contributed by atoms with van der Waals surface area (Å²) in [6.07, 6.45) is 5.57. The summed E-state index contributed by atoms with van der Waals surface area (Å²) < 4.78 is 1.73. The van der Waals surface area contributed by atoms with Gasteiger partial charge in [0.15, 0.2) is 0 Å². The van der Waals surface area contributed by atoms with Crippen molar-refractivity contribution < 1.29 is 9.59 Å². The minimum atomic E-state index is -0.138. The summed E-state index contributed by atoms with van der Waals surface area (Å²) in [5, 5.41) is 9.81. The van der Waals surface area contributed by atoms with Gasteiger partial charge in [-0.05, 0) is 30.9 Å². The summed E-state index contributed by atoms with van der Waals surface area (Å²) in [4.78, 5) is 27.9. The predicted octanol–water partition coefficient (Wildman–Crippen LogP) is 1.38. The van der Waals surface area contributed by atoms with Crippen molar-refractivity contribution in [2.75, 3.05) is 11.9 Å². The zero-order valence-corrected chi connectivity index (χ0v) is 13.4. The molecule has 2 amide bonds. The monoisotopic (exact) mass is 327 g/mol. The average molecular weight is 327 g/mol. The van der Waals surface area contributed by atoms with Crippen LogP contribution in [0.25, 0.3) is 0 Å². The number of para-hydroxylation sites is 1.